The Bertz CT molecular complexity index is 595. The van der Waals surface area contributed by atoms with Crippen molar-refractivity contribution >= 4 is 0 Å². The molecule has 0 saturated carbocycles. The highest BCUT2D eigenvalue weighted by atomic mass is 16.5. The fourth-order valence-corrected chi connectivity index (χ4v) is 2.41. The third-order valence-corrected chi connectivity index (χ3v) is 3.53. The molecular formula is C15H19N3O2. The van der Waals surface area contributed by atoms with Crippen molar-refractivity contribution in [3.63, 3.8) is 0 Å². The Morgan fingerprint density at radius 2 is 2.40 bits per heavy atom. The monoisotopic (exact) mass is 273 g/mol. The number of likely N-dealkylation sites (N-methyl/N-ethyl adjacent to an activating group) is 1. The second-order valence-corrected chi connectivity index (χ2v) is 4.97. The average molecular weight is 273 g/mol. The normalized spacial score (nSPS) is 16.8. The quantitative estimate of drug-likeness (QED) is 0.900. The van der Waals surface area contributed by atoms with Crippen LogP contribution in [0.15, 0.2) is 30.6 Å². The molecule has 5 heteroatoms. The average Bonchev–Trinajstić information content (AvgIpc) is 3.04. The summed E-state index contributed by atoms with van der Waals surface area (Å²) in [6, 6.07) is 6.33. The van der Waals surface area contributed by atoms with Crippen LogP contribution in [0.25, 0.3) is 0 Å². The van der Waals surface area contributed by atoms with Gasteiger partial charge in [-0.2, -0.15) is 5.10 Å². The van der Waals surface area contributed by atoms with Crippen LogP contribution in [0.1, 0.15) is 17.2 Å². The summed E-state index contributed by atoms with van der Waals surface area (Å²) >= 11 is 0. The van der Waals surface area contributed by atoms with E-state index in [-0.39, 0.29) is 6.04 Å². The van der Waals surface area contributed by atoms with Crippen LogP contribution >= 0.6 is 0 Å². The van der Waals surface area contributed by atoms with Crippen LogP contribution in [0, 0.1) is 0 Å². The molecule has 0 amide bonds. The molecule has 0 fully saturated rings. The molecule has 1 aliphatic rings. The van der Waals surface area contributed by atoms with E-state index in [2.05, 4.69) is 16.5 Å². The summed E-state index contributed by atoms with van der Waals surface area (Å²) in [7, 11) is 3.86. The fourth-order valence-electron chi connectivity index (χ4n) is 2.41. The van der Waals surface area contributed by atoms with Crippen molar-refractivity contribution in [2.24, 2.45) is 7.05 Å². The third-order valence-electron chi connectivity index (χ3n) is 3.53. The minimum Gasteiger partial charge on any atom is -0.493 e. The zero-order valence-electron chi connectivity index (χ0n) is 11.8. The van der Waals surface area contributed by atoms with Crippen LogP contribution in [0.2, 0.25) is 0 Å². The highest BCUT2D eigenvalue weighted by molar-refractivity contribution is 5.45. The predicted molar refractivity (Wildman–Crippen MR) is 76.1 cm³/mol. The van der Waals surface area contributed by atoms with Gasteiger partial charge in [0, 0.05) is 31.3 Å². The summed E-state index contributed by atoms with van der Waals surface area (Å²) in [6.07, 6.45) is 4.73. The van der Waals surface area contributed by atoms with Gasteiger partial charge in [-0.3, -0.25) is 4.68 Å². The molecule has 0 bridgehead atoms. The molecule has 5 nitrogen and oxygen atoms in total. The van der Waals surface area contributed by atoms with Gasteiger partial charge < -0.3 is 14.8 Å². The summed E-state index contributed by atoms with van der Waals surface area (Å²) in [6.45, 7) is 1.32. The molecule has 1 N–H and O–H groups in total. The van der Waals surface area contributed by atoms with Crippen molar-refractivity contribution in [2.45, 2.75) is 12.5 Å². The van der Waals surface area contributed by atoms with Crippen molar-refractivity contribution in [2.75, 3.05) is 20.3 Å². The van der Waals surface area contributed by atoms with E-state index in [1.165, 1.54) is 11.1 Å². The molecule has 0 aliphatic carbocycles. The lowest BCUT2D eigenvalue weighted by Crippen LogP contribution is -2.17. The number of aromatic nitrogens is 2. The molecule has 106 valence electrons. The van der Waals surface area contributed by atoms with Crippen LogP contribution < -0.4 is 14.8 Å². The number of rotatable bonds is 5. The van der Waals surface area contributed by atoms with Gasteiger partial charge in [-0.15, -0.1) is 0 Å². The summed E-state index contributed by atoms with van der Waals surface area (Å²) in [4.78, 5) is 0. The van der Waals surface area contributed by atoms with Gasteiger partial charge in [0.05, 0.1) is 18.8 Å². The van der Waals surface area contributed by atoms with E-state index in [1.54, 1.807) is 4.68 Å². The van der Waals surface area contributed by atoms with Crippen LogP contribution in [0.3, 0.4) is 0 Å². The topological polar surface area (TPSA) is 48.3 Å². The number of aryl methyl sites for hydroxylation is 1. The predicted octanol–water partition coefficient (Wildman–Crippen LogP) is 1.69. The third kappa shape index (κ3) is 2.63. The zero-order chi connectivity index (χ0) is 13.9. The largest absolute Gasteiger partial charge is 0.493 e. The second-order valence-electron chi connectivity index (χ2n) is 4.97. The van der Waals surface area contributed by atoms with Gasteiger partial charge in [-0.05, 0) is 24.7 Å². The first-order valence-electron chi connectivity index (χ1n) is 6.80. The van der Waals surface area contributed by atoms with E-state index in [4.69, 9.17) is 9.47 Å². The number of hydrogen-bond donors (Lipinski definition) is 1. The van der Waals surface area contributed by atoms with E-state index in [0.717, 1.165) is 17.9 Å². The minimum atomic E-state index is 0.287. The first-order chi connectivity index (χ1) is 9.76. The Morgan fingerprint density at radius 1 is 1.50 bits per heavy atom. The van der Waals surface area contributed by atoms with Crippen LogP contribution in [-0.4, -0.2) is 30.0 Å². The van der Waals surface area contributed by atoms with Crippen molar-refractivity contribution in [3.05, 3.63) is 41.7 Å². The number of nitrogens with one attached hydrogen (secondary N) is 1. The summed E-state index contributed by atoms with van der Waals surface area (Å²) < 4.78 is 13.2. The first kappa shape index (κ1) is 13.0. The summed E-state index contributed by atoms with van der Waals surface area (Å²) in [5.41, 5.74) is 2.38. The number of benzene rings is 1. The Kier molecular flexibility index (Phi) is 3.60. The van der Waals surface area contributed by atoms with Crippen molar-refractivity contribution in [1.82, 2.24) is 15.1 Å². The molecule has 1 atom stereocenters. The molecule has 20 heavy (non-hydrogen) atoms. The summed E-state index contributed by atoms with van der Waals surface area (Å²) in [5.74, 6) is 1.77. The lowest BCUT2D eigenvalue weighted by Gasteiger charge is -2.08. The van der Waals surface area contributed by atoms with Crippen molar-refractivity contribution in [3.8, 4) is 11.5 Å². The SMILES string of the molecule is CNC1COc2cc(OCCc3cnn(C)c3)ccc21. The van der Waals surface area contributed by atoms with Gasteiger partial charge in [0.25, 0.3) is 0 Å². The molecule has 2 aromatic rings. The standard InChI is InChI=1S/C15H19N3O2/c1-16-14-10-20-15-7-12(3-4-13(14)15)19-6-5-11-8-17-18(2)9-11/h3-4,7-9,14,16H,5-6,10H2,1-2H3. The fraction of sp³-hybridized carbons (Fsp3) is 0.400. The number of hydrogen-bond acceptors (Lipinski definition) is 4. The molecule has 1 unspecified atom stereocenters. The van der Waals surface area contributed by atoms with E-state index in [9.17, 15) is 0 Å². The molecule has 3 rings (SSSR count). The van der Waals surface area contributed by atoms with Crippen LogP contribution in [0.4, 0.5) is 0 Å². The zero-order valence-corrected chi connectivity index (χ0v) is 11.8. The lowest BCUT2D eigenvalue weighted by atomic mass is 10.1. The molecule has 0 saturated heterocycles. The number of nitrogens with zero attached hydrogens (tertiary/aromatic N) is 2. The van der Waals surface area contributed by atoms with Gasteiger partial charge in [-0.1, -0.05) is 0 Å². The Balaban J connectivity index is 1.59. The molecule has 1 aromatic carbocycles. The molecule has 1 aliphatic heterocycles. The highest BCUT2D eigenvalue weighted by Gasteiger charge is 2.22. The minimum absolute atomic E-state index is 0.287. The smallest absolute Gasteiger partial charge is 0.127 e. The van der Waals surface area contributed by atoms with Crippen molar-refractivity contribution < 1.29 is 9.47 Å². The summed E-state index contributed by atoms with van der Waals surface area (Å²) in [5, 5.41) is 7.37. The lowest BCUT2D eigenvalue weighted by molar-refractivity contribution is 0.308. The Hall–Kier alpha value is -2.01. The van der Waals surface area contributed by atoms with E-state index < -0.39 is 0 Å². The first-order valence-corrected chi connectivity index (χ1v) is 6.80. The van der Waals surface area contributed by atoms with E-state index >= 15 is 0 Å². The van der Waals surface area contributed by atoms with Gasteiger partial charge in [-0.25, -0.2) is 0 Å². The van der Waals surface area contributed by atoms with Gasteiger partial charge in [0.15, 0.2) is 0 Å². The molecule has 0 spiro atoms. The van der Waals surface area contributed by atoms with Crippen molar-refractivity contribution in [1.29, 1.82) is 0 Å². The van der Waals surface area contributed by atoms with Gasteiger partial charge in [0.1, 0.15) is 18.1 Å². The van der Waals surface area contributed by atoms with E-state index in [0.29, 0.717) is 13.2 Å². The Morgan fingerprint density at radius 3 is 3.15 bits per heavy atom. The number of fused-ring (bicyclic) bond motifs is 1. The Labute approximate surface area is 118 Å². The van der Waals surface area contributed by atoms with E-state index in [1.807, 2.05) is 38.6 Å². The maximum absolute atomic E-state index is 5.78. The molecule has 1 aromatic heterocycles. The maximum atomic E-state index is 5.78. The second kappa shape index (κ2) is 5.54. The maximum Gasteiger partial charge on any atom is 0.127 e. The van der Waals surface area contributed by atoms with Gasteiger partial charge in [0.2, 0.25) is 0 Å². The van der Waals surface area contributed by atoms with Crippen LogP contribution in [0.5, 0.6) is 11.5 Å². The molecular weight excluding hydrogens is 254 g/mol. The molecule has 2 heterocycles. The van der Waals surface area contributed by atoms with Gasteiger partial charge >= 0.3 is 0 Å². The molecule has 0 radical (unpaired) electrons. The highest BCUT2D eigenvalue weighted by Crippen LogP contribution is 2.34. The van der Waals surface area contributed by atoms with Crippen LogP contribution in [-0.2, 0) is 13.5 Å². The number of ether oxygens (including phenoxy) is 2.